The zero-order valence-corrected chi connectivity index (χ0v) is 12.9. The van der Waals surface area contributed by atoms with E-state index in [4.69, 9.17) is 5.21 Å². The van der Waals surface area contributed by atoms with E-state index >= 15 is 0 Å². The highest BCUT2D eigenvalue weighted by Gasteiger charge is 2.27. The van der Waals surface area contributed by atoms with Gasteiger partial charge >= 0.3 is 0 Å². The summed E-state index contributed by atoms with van der Waals surface area (Å²) in [5.74, 6) is 0. The van der Waals surface area contributed by atoms with E-state index in [0.717, 1.165) is 17.4 Å². The lowest BCUT2D eigenvalue weighted by molar-refractivity contribution is 0.296. The number of rotatable bonds is 5. The number of sulfone groups is 1. The number of aliphatic hydroxyl groups excluding tert-OH is 1. The van der Waals surface area contributed by atoms with Crippen LogP contribution in [0, 0.1) is 0 Å². The molecule has 2 N–H and O–H groups in total. The van der Waals surface area contributed by atoms with Crippen LogP contribution in [0.5, 0.6) is 0 Å². The Bertz CT molecular complexity index is 752. The number of oxime groups is 1. The summed E-state index contributed by atoms with van der Waals surface area (Å²) in [6, 6.07) is 16.7. The molecule has 0 aromatic heterocycles. The number of aliphatic hydroxyl groups is 1. The Balaban J connectivity index is 2.37. The van der Waals surface area contributed by atoms with Crippen molar-refractivity contribution < 1.29 is 18.7 Å². The van der Waals surface area contributed by atoms with Crippen LogP contribution in [-0.2, 0) is 9.84 Å². The fourth-order valence-corrected chi connectivity index (χ4v) is 3.06. The molecule has 0 saturated heterocycles. The molecule has 0 aliphatic carbocycles. The second-order valence-corrected chi connectivity index (χ2v) is 7.16. The Morgan fingerprint density at radius 2 is 1.59 bits per heavy atom. The number of nitrogens with zero attached hydrogens (tertiary/aromatic N) is 1. The predicted molar refractivity (Wildman–Crippen MR) is 85.9 cm³/mol. The average Bonchev–Trinajstić information content (AvgIpc) is 2.52. The van der Waals surface area contributed by atoms with Gasteiger partial charge in [0.05, 0.1) is 6.61 Å². The fraction of sp³-hybridized carbons (Fsp3) is 0.188. The molecule has 2 aromatic rings. The summed E-state index contributed by atoms with van der Waals surface area (Å²) < 4.78 is 23.3. The van der Waals surface area contributed by atoms with E-state index < -0.39 is 21.7 Å². The summed E-state index contributed by atoms with van der Waals surface area (Å²) >= 11 is 0. The van der Waals surface area contributed by atoms with Gasteiger partial charge in [-0.05, 0) is 11.1 Å². The summed E-state index contributed by atoms with van der Waals surface area (Å²) in [7, 11) is -3.58. The minimum Gasteiger partial charge on any atom is -0.411 e. The highest BCUT2D eigenvalue weighted by atomic mass is 32.2. The second kappa shape index (κ2) is 6.72. The normalized spacial score (nSPS) is 13.8. The van der Waals surface area contributed by atoms with Crippen LogP contribution in [0.2, 0.25) is 0 Å². The van der Waals surface area contributed by atoms with Crippen molar-refractivity contribution in [3.05, 3.63) is 60.2 Å². The van der Waals surface area contributed by atoms with Crippen LogP contribution >= 0.6 is 0 Å². The Hall–Kier alpha value is -2.18. The first-order valence-corrected chi connectivity index (χ1v) is 8.60. The molecule has 2 aromatic carbocycles. The van der Waals surface area contributed by atoms with Crippen molar-refractivity contribution in [2.75, 3.05) is 12.9 Å². The van der Waals surface area contributed by atoms with Gasteiger partial charge in [-0.15, -0.1) is 0 Å². The molecule has 0 bridgehead atoms. The van der Waals surface area contributed by atoms with E-state index in [0.29, 0.717) is 5.56 Å². The molecule has 0 aliphatic heterocycles. The summed E-state index contributed by atoms with van der Waals surface area (Å²) in [4.78, 5) is 0. The Kier molecular flexibility index (Phi) is 4.95. The summed E-state index contributed by atoms with van der Waals surface area (Å²) in [6.07, 6.45) is 0.997. The summed E-state index contributed by atoms with van der Waals surface area (Å²) in [5.41, 5.74) is 2.37. The molecule has 5 nitrogen and oxygen atoms in total. The van der Waals surface area contributed by atoms with Crippen LogP contribution in [-0.4, -0.2) is 42.6 Å². The molecule has 0 saturated carbocycles. The monoisotopic (exact) mass is 319 g/mol. The van der Waals surface area contributed by atoms with Gasteiger partial charge in [-0.25, -0.2) is 8.42 Å². The lowest BCUT2D eigenvalue weighted by Gasteiger charge is -2.14. The predicted octanol–water partition coefficient (Wildman–Crippen LogP) is 1.94. The molecular formula is C16H17NO4S. The highest BCUT2D eigenvalue weighted by Crippen LogP contribution is 2.20. The first-order valence-electron chi connectivity index (χ1n) is 6.65. The van der Waals surface area contributed by atoms with Gasteiger partial charge in [-0.1, -0.05) is 59.8 Å². The molecule has 6 heteroatoms. The number of benzene rings is 2. The van der Waals surface area contributed by atoms with Crippen molar-refractivity contribution >= 4 is 15.5 Å². The molecule has 0 fully saturated rings. The maximum atomic E-state index is 11.7. The Morgan fingerprint density at radius 3 is 2.05 bits per heavy atom. The van der Waals surface area contributed by atoms with E-state index in [1.165, 1.54) is 0 Å². The van der Waals surface area contributed by atoms with Crippen LogP contribution < -0.4 is 0 Å². The topological polar surface area (TPSA) is 87.0 Å². The van der Waals surface area contributed by atoms with Crippen molar-refractivity contribution in [3.8, 4) is 11.1 Å². The standard InChI is InChI=1S/C16H17NO4S/c1-22(20,21)15(11-18)16(17-19)14-9-7-13(8-10-14)12-5-3-2-4-6-12/h2-10,15,18-19H,11H2,1H3. The first-order chi connectivity index (χ1) is 10.5. The van der Waals surface area contributed by atoms with Crippen molar-refractivity contribution in [1.29, 1.82) is 0 Å². The molecule has 0 radical (unpaired) electrons. The summed E-state index contributed by atoms with van der Waals surface area (Å²) in [5, 5.41) is 20.3. The van der Waals surface area contributed by atoms with E-state index in [1.807, 2.05) is 42.5 Å². The molecule has 1 unspecified atom stereocenters. The lowest BCUT2D eigenvalue weighted by atomic mass is 10.0. The van der Waals surface area contributed by atoms with E-state index in [2.05, 4.69) is 5.16 Å². The molecular weight excluding hydrogens is 302 g/mol. The molecule has 22 heavy (non-hydrogen) atoms. The van der Waals surface area contributed by atoms with Gasteiger partial charge < -0.3 is 10.3 Å². The third-order valence-corrected chi connectivity index (χ3v) is 4.79. The fourth-order valence-electron chi connectivity index (χ4n) is 2.20. The maximum Gasteiger partial charge on any atom is 0.158 e. The molecule has 0 amide bonds. The van der Waals surface area contributed by atoms with Crippen LogP contribution in [0.3, 0.4) is 0 Å². The Morgan fingerprint density at radius 1 is 1.05 bits per heavy atom. The second-order valence-electron chi connectivity index (χ2n) is 4.93. The van der Waals surface area contributed by atoms with Crippen LogP contribution in [0.4, 0.5) is 0 Å². The minimum absolute atomic E-state index is 0.0652. The minimum atomic E-state index is -3.58. The van der Waals surface area contributed by atoms with Crippen molar-refractivity contribution in [2.24, 2.45) is 5.16 Å². The molecule has 0 heterocycles. The Labute approximate surface area is 129 Å². The average molecular weight is 319 g/mol. The van der Waals surface area contributed by atoms with Crippen molar-refractivity contribution in [3.63, 3.8) is 0 Å². The third-order valence-electron chi connectivity index (χ3n) is 3.38. The van der Waals surface area contributed by atoms with Gasteiger partial charge in [0.15, 0.2) is 9.84 Å². The smallest absolute Gasteiger partial charge is 0.158 e. The van der Waals surface area contributed by atoms with Crippen LogP contribution in [0.25, 0.3) is 11.1 Å². The van der Waals surface area contributed by atoms with Gasteiger partial charge in [0.1, 0.15) is 11.0 Å². The molecule has 0 aliphatic rings. The van der Waals surface area contributed by atoms with E-state index in [9.17, 15) is 13.5 Å². The SMILES string of the molecule is CS(=O)(=O)C(CO)C(=NO)c1ccc(-c2ccccc2)cc1. The van der Waals surface area contributed by atoms with Gasteiger partial charge in [-0.2, -0.15) is 0 Å². The molecule has 1 atom stereocenters. The van der Waals surface area contributed by atoms with Crippen molar-refractivity contribution in [2.45, 2.75) is 5.25 Å². The molecule has 0 spiro atoms. The lowest BCUT2D eigenvalue weighted by Crippen LogP contribution is -2.33. The highest BCUT2D eigenvalue weighted by molar-refractivity contribution is 7.92. The quantitative estimate of drug-likeness (QED) is 0.501. The number of hydrogen-bond acceptors (Lipinski definition) is 5. The maximum absolute atomic E-state index is 11.7. The molecule has 116 valence electrons. The van der Waals surface area contributed by atoms with Gasteiger partial charge in [0.25, 0.3) is 0 Å². The molecule has 2 rings (SSSR count). The van der Waals surface area contributed by atoms with Gasteiger partial charge in [0.2, 0.25) is 0 Å². The van der Waals surface area contributed by atoms with Crippen LogP contribution in [0.15, 0.2) is 59.8 Å². The first kappa shape index (κ1) is 16.2. The zero-order valence-electron chi connectivity index (χ0n) is 12.0. The number of hydrogen-bond donors (Lipinski definition) is 2. The zero-order chi connectivity index (χ0) is 16.2. The summed E-state index contributed by atoms with van der Waals surface area (Å²) in [6.45, 7) is -0.640. The largest absolute Gasteiger partial charge is 0.411 e. The van der Waals surface area contributed by atoms with E-state index in [1.54, 1.807) is 12.1 Å². The van der Waals surface area contributed by atoms with Crippen molar-refractivity contribution in [1.82, 2.24) is 0 Å². The third kappa shape index (κ3) is 3.52. The van der Waals surface area contributed by atoms with Gasteiger partial charge in [-0.3, -0.25) is 0 Å². The van der Waals surface area contributed by atoms with Gasteiger partial charge in [0, 0.05) is 11.8 Å². The van der Waals surface area contributed by atoms with Crippen LogP contribution in [0.1, 0.15) is 5.56 Å². The van der Waals surface area contributed by atoms with E-state index in [-0.39, 0.29) is 5.71 Å².